The summed E-state index contributed by atoms with van der Waals surface area (Å²) >= 11 is 3.91. The van der Waals surface area contributed by atoms with Gasteiger partial charge in [0.25, 0.3) is 0 Å². The number of thiophene rings is 1. The van der Waals surface area contributed by atoms with Gasteiger partial charge in [-0.15, -0.1) is 23.1 Å². The maximum atomic E-state index is 3.45. The van der Waals surface area contributed by atoms with Crippen molar-refractivity contribution < 1.29 is 0 Å². The van der Waals surface area contributed by atoms with E-state index in [9.17, 15) is 0 Å². The van der Waals surface area contributed by atoms with E-state index in [2.05, 4.69) is 62.6 Å². The third-order valence-corrected chi connectivity index (χ3v) is 6.05. The number of thioether (sulfide) groups is 1. The zero-order valence-corrected chi connectivity index (χ0v) is 14.1. The Kier molecular flexibility index (Phi) is 6.14. The molecule has 1 nitrogen and oxygen atoms in total. The second-order valence-electron chi connectivity index (χ2n) is 4.99. The molecule has 3 heteroatoms. The van der Waals surface area contributed by atoms with Crippen molar-refractivity contribution in [3.05, 3.63) is 51.7 Å². The van der Waals surface area contributed by atoms with Crippen molar-refractivity contribution >= 4 is 23.1 Å². The first kappa shape index (κ1) is 15.6. The van der Waals surface area contributed by atoms with Crippen LogP contribution >= 0.6 is 23.1 Å². The van der Waals surface area contributed by atoms with Crippen molar-refractivity contribution in [3.8, 4) is 0 Å². The van der Waals surface area contributed by atoms with Gasteiger partial charge in [-0.2, -0.15) is 0 Å². The van der Waals surface area contributed by atoms with Crippen LogP contribution in [0.3, 0.4) is 0 Å². The second kappa shape index (κ2) is 7.87. The molecule has 0 spiro atoms. The molecule has 1 heterocycles. The van der Waals surface area contributed by atoms with E-state index in [0.29, 0.717) is 6.04 Å². The monoisotopic (exact) mass is 305 g/mol. The van der Waals surface area contributed by atoms with E-state index < -0.39 is 0 Å². The first-order valence-electron chi connectivity index (χ1n) is 7.16. The van der Waals surface area contributed by atoms with Crippen molar-refractivity contribution in [2.45, 2.75) is 37.6 Å². The predicted octanol–water partition coefficient (Wildman–Crippen LogP) is 4.54. The molecule has 0 aliphatic carbocycles. The van der Waals surface area contributed by atoms with Crippen LogP contribution in [-0.2, 0) is 12.8 Å². The van der Waals surface area contributed by atoms with Gasteiger partial charge in [0.1, 0.15) is 0 Å². The van der Waals surface area contributed by atoms with Gasteiger partial charge in [-0.25, -0.2) is 0 Å². The number of rotatable bonds is 7. The van der Waals surface area contributed by atoms with E-state index in [4.69, 9.17) is 0 Å². The van der Waals surface area contributed by atoms with E-state index in [1.807, 2.05) is 23.1 Å². The highest BCUT2D eigenvalue weighted by Crippen LogP contribution is 2.24. The van der Waals surface area contributed by atoms with Crippen LogP contribution in [0, 0.1) is 6.92 Å². The lowest BCUT2D eigenvalue weighted by molar-refractivity contribution is 0.622. The van der Waals surface area contributed by atoms with E-state index in [1.165, 1.54) is 20.2 Å². The first-order valence-corrected chi connectivity index (χ1v) is 8.96. The number of hydrogen-bond acceptors (Lipinski definition) is 3. The average molecular weight is 306 g/mol. The minimum Gasteiger partial charge on any atom is -0.316 e. The molecule has 2 rings (SSSR count). The molecule has 108 valence electrons. The highest BCUT2D eigenvalue weighted by Gasteiger charge is 2.10. The van der Waals surface area contributed by atoms with Gasteiger partial charge in [-0.1, -0.05) is 25.1 Å². The van der Waals surface area contributed by atoms with Gasteiger partial charge < -0.3 is 5.32 Å². The molecular weight excluding hydrogens is 282 g/mol. The molecule has 0 amide bonds. The van der Waals surface area contributed by atoms with Gasteiger partial charge in [-0.3, -0.25) is 0 Å². The Morgan fingerprint density at radius 1 is 1.15 bits per heavy atom. The lowest BCUT2D eigenvalue weighted by atomic mass is 10.2. The summed E-state index contributed by atoms with van der Waals surface area (Å²) < 4.78 is 0. The Morgan fingerprint density at radius 2 is 1.90 bits per heavy atom. The average Bonchev–Trinajstić information content (AvgIpc) is 2.92. The van der Waals surface area contributed by atoms with Crippen LogP contribution in [0.4, 0.5) is 0 Å². The second-order valence-corrected chi connectivity index (χ2v) is 7.30. The molecule has 1 atom stereocenters. The number of likely N-dealkylation sites (N-methyl/N-ethyl adjacent to an activating group) is 1. The van der Waals surface area contributed by atoms with Crippen molar-refractivity contribution in [2.75, 3.05) is 12.8 Å². The van der Waals surface area contributed by atoms with Gasteiger partial charge in [-0.05, 0) is 50.6 Å². The zero-order chi connectivity index (χ0) is 14.4. The molecule has 1 unspecified atom stereocenters. The maximum absolute atomic E-state index is 3.45. The van der Waals surface area contributed by atoms with Crippen molar-refractivity contribution in [1.29, 1.82) is 0 Å². The van der Waals surface area contributed by atoms with Crippen LogP contribution in [0.5, 0.6) is 0 Å². The van der Waals surface area contributed by atoms with Crippen LogP contribution in [0.25, 0.3) is 0 Å². The smallest absolute Gasteiger partial charge is 0.0206 e. The fraction of sp³-hybridized carbons (Fsp3) is 0.412. The fourth-order valence-corrected chi connectivity index (χ4v) is 4.29. The van der Waals surface area contributed by atoms with E-state index in [1.54, 1.807) is 0 Å². The molecule has 20 heavy (non-hydrogen) atoms. The molecule has 0 saturated carbocycles. The molecule has 0 bridgehead atoms. The topological polar surface area (TPSA) is 12.0 Å². The summed E-state index contributed by atoms with van der Waals surface area (Å²) in [6.45, 7) is 4.41. The molecule has 1 aromatic carbocycles. The summed E-state index contributed by atoms with van der Waals surface area (Å²) in [6.07, 6.45) is 2.27. The van der Waals surface area contributed by atoms with E-state index in [-0.39, 0.29) is 0 Å². The van der Waals surface area contributed by atoms with E-state index in [0.717, 1.165) is 18.6 Å². The summed E-state index contributed by atoms with van der Waals surface area (Å²) in [5, 5.41) is 3.45. The molecule has 0 aliphatic heterocycles. The third-order valence-electron chi connectivity index (χ3n) is 3.46. The number of aryl methyl sites for hydroxylation is 2. The van der Waals surface area contributed by atoms with Gasteiger partial charge >= 0.3 is 0 Å². The van der Waals surface area contributed by atoms with Gasteiger partial charge in [0.15, 0.2) is 0 Å². The van der Waals surface area contributed by atoms with Crippen molar-refractivity contribution in [1.82, 2.24) is 5.32 Å². The van der Waals surface area contributed by atoms with E-state index >= 15 is 0 Å². The highest BCUT2D eigenvalue weighted by molar-refractivity contribution is 7.99. The summed E-state index contributed by atoms with van der Waals surface area (Å²) in [7, 11) is 2.07. The Hall–Kier alpha value is -0.770. The molecule has 1 aromatic heterocycles. The number of benzene rings is 1. The molecule has 0 fully saturated rings. The molecule has 0 aliphatic rings. The van der Waals surface area contributed by atoms with Crippen molar-refractivity contribution in [3.63, 3.8) is 0 Å². The van der Waals surface area contributed by atoms with Crippen LogP contribution in [0.2, 0.25) is 0 Å². The van der Waals surface area contributed by atoms with Crippen LogP contribution in [0.15, 0.2) is 41.3 Å². The molecular formula is C17H23NS2. The Bertz CT molecular complexity index is 533. The zero-order valence-electron chi connectivity index (χ0n) is 12.5. The molecule has 0 radical (unpaired) electrons. The quantitative estimate of drug-likeness (QED) is 0.754. The summed E-state index contributed by atoms with van der Waals surface area (Å²) in [5.74, 6) is 1.11. The Balaban J connectivity index is 1.91. The predicted molar refractivity (Wildman–Crippen MR) is 92.2 cm³/mol. The lowest BCUT2D eigenvalue weighted by Gasteiger charge is -2.15. The lowest BCUT2D eigenvalue weighted by Crippen LogP contribution is -2.29. The summed E-state index contributed by atoms with van der Waals surface area (Å²) in [4.78, 5) is 4.38. The third kappa shape index (κ3) is 4.37. The molecule has 2 aromatic rings. The van der Waals surface area contributed by atoms with Crippen molar-refractivity contribution in [2.24, 2.45) is 0 Å². The summed E-state index contributed by atoms with van der Waals surface area (Å²) in [6, 6.07) is 13.7. The number of nitrogens with one attached hydrogen (secondary N) is 1. The van der Waals surface area contributed by atoms with Crippen LogP contribution < -0.4 is 5.32 Å². The van der Waals surface area contributed by atoms with Crippen LogP contribution in [0.1, 0.15) is 22.2 Å². The normalized spacial score (nSPS) is 12.6. The van der Waals surface area contributed by atoms with Gasteiger partial charge in [0.05, 0.1) is 0 Å². The SMILES string of the molecule is CCc1ccc(CC(CSc2ccccc2C)NC)s1. The molecule has 1 N–H and O–H groups in total. The first-order chi connectivity index (χ1) is 9.72. The fourth-order valence-electron chi connectivity index (χ4n) is 2.12. The van der Waals surface area contributed by atoms with Gasteiger partial charge in [0.2, 0.25) is 0 Å². The Morgan fingerprint density at radius 3 is 2.55 bits per heavy atom. The van der Waals surface area contributed by atoms with Crippen LogP contribution in [-0.4, -0.2) is 18.8 Å². The maximum Gasteiger partial charge on any atom is 0.0206 e. The minimum absolute atomic E-state index is 0.531. The molecule has 0 saturated heterocycles. The number of hydrogen-bond donors (Lipinski definition) is 1. The van der Waals surface area contributed by atoms with Gasteiger partial charge in [0, 0.05) is 26.4 Å². The largest absolute Gasteiger partial charge is 0.316 e. The standard InChI is InChI=1S/C17H23NS2/c1-4-15-9-10-16(20-15)11-14(18-3)12-19-17-8-6-5-7-13(17)2/h5-10,14,18H,4,11-12H2,1-3H3. The minimum atomic E-state index is 0.531. The summed E-state index contributed by atoms with van der Waals surface area (Å²) in [5.41, 5.74) is 1.37. The Labute approximate surface area is 130 Å². The highest BCUT2D eigenvalue weighted by atomic mass is 32.2.